The normalized spacial score (nSPS) is 35.0. The first-order chi connectivity index (χ1) is 10.6. The van der Waals surface area contributed by atoms with Crippen molar-refractivity contribution >= 4 is 11.9 Å². The number of hydrogen-bond donors (Lipinski definition) is 1. The van der Waals surface area contributed by atoms with Crippen LogP contribution in [0, 0.1) is 11.8 Å². The molecule has 3 aliphatic heterocycles. The quantitative estimate of drug-likeness (QED) is 0.862. The highest BCUT2D eigenvalue weighted by Gasteiger charge is 2.48. The van der Waals surface area contributed by atoms with Gasteiger partial charge in [-0.15, -0.1) is 0 Å². The number of carbonyl (C=O) groups is 2. The lowest BCUT2D eigenvalue weighted by molar-refractivity contribution is -0.144. The maximum absolute atomic E-state index is 12.1. The number of aliphatic carboxylic acids is 1. The molecule has 3 aliphatic rings. The van der Waals surface area contributed by atoms with Gasteiger partial charge in [0.05, 0.1) is 0 Å². The molecule has 0 radical (unpaired) electrons. The maximum atomic E-state index is 12.1. The number of rotatable bonds is 4. The van der Waals surface area contributed by atoms with Crippen molar-refractivity contribution < 1.29 is 14.7 Å². The van der Waals surface area contributed by atoms with Gasteiger partial charge in [0.1, 0.15) is 0 Å². The summed E-state index contributed by atoms with van der Waals surface area (Å²) < 4.78 is 0. The summed E-state index contributed by atoms with van der Waals surface area (Å²) in [5.74, 6) is 0.608. The number of nitrogens with zero attached hydrogens (tertiary/aromatic N) is 2. The largest absolute Gasteiger partial charge is 0.481 e. The fourth-order valence-corrected chi connectivity index (χ4v) is 5.19. The van der Waals surface area contributed by atoms with Crippen molar-refractivity contribution in [3.05, 3.63) is 0 Å². The molecule has 0 spiro atoms. The third kappa shape index (κ3) is 3.00. The molecular weight excluding hydrogens is 280 g/mol. The third-order valence-corrected chi connectivity index (χ3v) is 5.97. The Hall–Kier alpha value is -1.10. The van der Waals surface area contributed by atoms with Gasteiger partial charge in [0.15, 0.2) is 0 Å². The van der Waals surface area contributed by atoms with E-state index in [9.17, 15) is 9.59 Å². The minimum Gasteiger partial charge on any atom is -0.481 e. The van der Waals surface area contributed by atoms with Gasteiger partial charge in [0, 0.05) is 32.0 Å². The van der Waals surface area contributed by atoms with Gasteiger partial charge in [-0.05, 0) is 63.5 Å². The van der Waals surface area contributed by atoms with Crippen LogP contribution in [-0.4, -0.2) is 58.5 Å². The van der Waals surface area contributed by atoms with E-state index in [1.54, 1.807) is 6.92 Å². The second-order valence-corrected chi connectivity index (χ2v) is 7.26. The molecule has 0 aliphatic carbocycles. The molecular formula is C17H28N2O3. The molecule has 2 unspecified atom stereocenters. The van der Waals surface area contributed by atoms with E-state index in [0.29, 0.717) is 24.3 Å². The molecule has 124 valence electrons. The fourth-order valence-electron chi connectivity index (χ4n) is 5.19. The minimum atomic E-state index is -0.731. The van der Waals surface area contributed by atoms with Crippen LogP contribution in [0.25, 0.3) is 0 Å². The van der Waals surface area contributed by atoms with Crippen molar-refractivity contribution in [1.82, 2.24) is 9.80 Å². The molecule has 4 atom stereocenters. The Balaban J connectivity index is 1.77. The van der Waals surface area contributed by atoms with Crippen LogP contribution in [0.15, 0.2) is 0 Å². The second-order valence-electron chi connectivity index (χ2n) is 7.26. The van der Waals surface area contributed by atoms with E-state index in [4.69, 9.17) is 5.11 Å². The van der Waals surface area contributed by atoms with Crippen LogP contribution in [0.1, 0.15) is 51.9 Å². The molecule has 3 fully saturated rings. The zero-order chi connectivity index (χ0) is 15.7. The standard InChI is InChI=1S/C17H28N2O3/c1-12(20)19-11-13-5-3-9-18-10-4-6-14(17(13)18)15(19)7-2-8-16(21)22/h13-15,17H,2-11H2,1H3,(H,21,22)/t13-,14+,15?,17?/m0/s1. The van der Waals surface area contributed by atoms with Crippen molar-refractivity contribution in [2.45, 2.75) is 64.0 Å². The molecule has 1 N–H and O–H groups in total. The topological polar surface area (TPSA) is 60.9 Å². The summed E-state index contributed by atoms with van der Waals surface area (Å²) in [6.07, 6.45) is 6.64. The number of piperidine rings is 3. The summed E-state index contributed by atoms with van der Waals surface area (Å²) in [4.78, 5) is 27.7. The van der Waals surface area contributed by atoms with Crippen LogP contribution >= 0.6 is 0 Å². The summed E-state index contributed by atoms with van der Waals surface area (Å²) >= 11 is 0. The summed E-state index contributed by atoms with van der Waals surface area (Å²) in [5.41, 5.74) is 0. The average Bonchev–Trinajstić information content (AvgIpc) is 2.49. The van der Waals surface area contributed by atoms with Crippen molar-refractivity contribution in [3.63, 3.8) is 0 Å². The van der Waals surface area contributed by atoms with Crippen molar-refractivity contribution in [1.29, 1.82) is 0 Å². The molecule has 0 aromatic rings. The Morgan fingerprint density at radius 2 is 1.91 bits per heavy atom. The molecule has 5 nitrogen and oxygen atoms in total. The van der Waals surface area contributed by atoms with E-state index in [2.05, 4.69) is 9.80 Å². The van der Waals surface area contributed by atoms with Gasteiger partial charge in [0.25, 0.3) is 0 Å². The molecule has 0 aromatic heterocycles. The lowest BCUT2D eigenvalue weighted by Crippen LogP contribution is -2.65. The van der Waals surface area contributed by atoms with Crippen LogP contribution in [-0.2, 0) is 9.59 Å². The molecule has 3 rings (SSSR count). The maximum Gasteiger partial charge on any atom is 0.303 e. The smallest absolute Gasteiger partial charge is 0.303 e. The van der Waals surface area contributed by atoms with Gasteiger partial charge >= 0.3 is 5.97 Å². The lowest BCUT2D eigenvalue weighted by atomic mass is 9.69. The first-order valence-corrected chi connectivity index (χ1v) is 8.81. The molecule has 0 bridgehead atoms. The van der Waals surface area contributed by atoms with Gasteiger partial charge < -0.3 is 10.0 Å². The predicted molar refractivity (Wildman–Crippen MR) is 83.5 cm³/mol. The van der Waals surface area contributed by atoms with E-state index >= 15 is 0 Å². The zero-order valence-electron chi connectivity index (χ0n) is 13.5. The second kappa shape index (κ2) is 6.57. The Morgan fingerprint density at radius 1 is 1.18 bits per heavy atom. The minimum absolute atomic E-state index is 0.168. The van der Waals surface area contributed by atoms with Crippen LogP contribution in [0.2, 0.25) is 0 Å². The van der Waals surface area contributed by atoms with Gasteiger partial charge in [-0.1, -0.05) is 0 Å². The summed E-state index contributed by atoms with van der Waals surface area (Å²) in [7, 11) is 0. The Kier molecular flexibility index (Phi) is 4.71. The SMILES string of the molecule is CC(=O)N1C[C@@H]2CCCN3CCC[C@@H](C23)C1CCCC(=O)O. The molecule has 3 saturated heterocycles. The van der Waals surface area contributed by atoms with E-state index in [1.165, 1.54) is 38.8 Å². The molecule has 5 heteroatoms. The molecule has 22 heavy (non-hydrogen) atoms. The van der Waals surface area contributed by atoms with Crippen molar-refractivity contribution in [3.8, 4) is 0 Å². The zero-order valence-corrected chi connectivity index (χ0v) is 13.5. The van der Waals surface area contributed by atoms with Crippen LogP contribution in [0.5, 0.6) is 0 Å². The van der Waals surface area contributed by atoms with Gasteiger partial charge in [-0.3, -0.25) is 14.5 Å². The van der Waals surface area contributed by atoms with Crippen molar-refractivity contribution in [2.75, 3.05) is 19.6 Å². The van der Waals surface area contributed by atoms with Gasteiger partial charge in [-0.2, -0.15) is 0 Å². The summed E-state index contributed by atoms with van der Waals surface area (Å²) in [6.45, 7) is 4.97. The molecule has 1 amide bonds. The highest BCUT2D eigenvalue weighted by molar-refractivity contribution is 5.74. The molecule has 3 heterocycles. The monoisotopic (exact) mass is 308 g/mol. The highest BCUT2D eigenvalue weighted by Crippen LogP contribution is 2.43. The first kappa shape index (κ1) is 15.8. The average molecular weight is 308 g/mol. The summed E-state index contributed by atoms with van der Waals surface area (Å²) in [5, 5.41) is 8.89. The summed E-state index contributed by atoms with van der Waals surface area (Å²) in [6, 6.07) is 0.881. The lowest BCUT2D eigenvalue weighted by Gasteiger charge is -2.57. The Labute approximate surface area is 132 Å². The third-order valence-electron chi connectivity index (χ3n) is 5.97. The van der Waals surface area contributed by atoms with E-state index in [-0.39, 0.29) is 18.4 Å². The molecule has 0 aromatic carbocycles. The number of carboxylic acids is 1. The van der Waals surface area contributed by atoms with Crippen molar-refractivity contribution in [2.24, 2.45) is 11.8 Å². The number of amides is 1. The Bertz CT molecular complexity index is 438. The first-order valence-electron chi connectivity index (χ1n) is 8.81. The Morgan fingerprint density at radius 3 is 2.59 bits per heavy atom. The van der Waals surface area contributed by atoms with E-state index in [1.807, 2.05) is 0 Å². The number of carboxylic acid groups (broad SMARTS) is 1. The number of hydrogen-bond acceptors (Lipinski definition) is 3. The predicted octanol–water partition coefficient (Wildman–Crippen LogP) is 1.96. The number of carbonyl (C=O) groups excluding carboxylic acids is 1. The van der Waals surface area contributed by atoms with Crippen LogP contribution in [0.4, 0.5) is 0 Å². The highest BCUT2D eigenvalue weighted by atomic mass is 16.4. The van der Waals surface area contributed by atoms with E-state index < -0.39 is 5.97 Å². The van der Waals surface area contributed by atoms with Crippen LogP contribution < -0.4 is 0 Å². The van der Waals surface area contributed by atoms with Gasteiger partial charge in [-0.25, -0.2) is 0 Å². The van der Waals surface area contributed by atoms with Gasteiger partial charge in [0.2, 0.25) is 5.91 Å². The number of likely N-dealkylation sites (tertiary alicyclic amines) is 1. The van der Waals surface area contributed by atoms with Crippen LogP contribution in [0.3, 0.4) is 0 Å². The molecule has 0 saturated carbocycles. The fraction of sp³-hybridized carbons (Fsp3) is 0.882. The van der Waals surface area contributed by atoms with E-state index in [0.717, 1.165) is 13.0 Å².